The molecule has 20 rings (SSSR count). The summed E-state index contributed by atoms with van der Waals surface area (Å²) in [6.45, 7) is 0. The molecule has 4 aliphatic carbocycles. The van der Waals surface area contributed by atoms with Gasteiger partial charge < -0.3 is 44.9 Å². The van der Waals surface area contributed by atoms with Gasteiger partial charge >= 0.3 is 5.97 Å². The Morgan fingerprint density at radius 2 is 0.605 bits per heavy atom. The van der Waals surface area contributed by atoms with Crippen LogP contribution >= 0.6 is 0 Å². The molecule has 29 heteroatoms. The van der Waals surface area contributed by atoms with Gasteiger partial charge in [0, 0.05) is 103 Å². The van der Waals surface area contributed by atoms with Gasteiger partial charge in [-0.25, -0.2) is 24.7 Å². The number of nitrogens with zero attached hydrogens (tertiary/aromatic N) is 12. The smallest absolute Gasteiger partial charge is 0.358 e. The molecule has 2 unspecified atom stereocenters. The molecule has 0 radical (unpaired) electrons. The molecule has 608 valence electrons. The Morgan fingerprint density at radius 3 is 0.874 bits per heavy atom. The molecule has 4 aromatic carbocycles. The Balaban J connectivity index is 0.000000125. The van der Waals surface area contributed by atoms with Crippen LogP contribution in [0.4, 0.5) is 23.3 Å². The summed E-state index contributed by atoms with van der Waals surface area (Å²) in [6.07, 6.45) is 12.6. The molecule has 7 amide bonds. The lowest BCUT2D eigenvalue weighted by Crippen LogP contribution is -2.48. The summed E-state index contributed by atoms with van der Waals surface area (Å²) in [4.78, 5) is 123. The average molecular weight is 1600 g/mol. The minimum absolute atomic E-state index is 0. The maximum Gasteiger partial charge on any atom is 0.358 e. The Morgan fingerprint density at radius 1 is 0.361 bits per heavy atom. The number of nitrogens with one attached hydrogen (secondary N) is 3. The molecular formula is C90H90N16O13. The van der Waals surface area contributed by atoms with E-state index in [1.54, 1.807) is 76.1 Å². The molecule has 4 saturated carbocycles. The number of hydrogen-bond acceptors (Lipinski definition) is 21. The third-order valence-corrected chi connectivity index (χ3v) is 22.5. The molecule has 8 aromatic heterocycles. The van der Waals surface area contributed by atoms with E-state index in [0.29, 0.717) is 78.0 Å². The number of rotatable bonds is 15. The zero-order valence-electron chi connectivity index (χ0n) is 64.2. The fourth-order valence-corrected chi connectivity index (χ4v) is 16.1. The fraction of sp³-hybridized carbons (Fsp3) is 0.289. The second-order valence-corrected chi connectivity index (χ2v) is 30.3. The number of carboxylic acid groups (broad SMARTS) is 1. The predicted octanol–water partition coefficient (Wildman–Crippen LogP) is 11.3. The number of anilines is 4. The van der Waals surface area contributed by atoms with Crippen molar-refractivity contribution in [2.75, 3.05) is 47.8 Å². The molecule has 12 heterocycles. The number of aromatic carboxylic acids is 1. The minimum Gasteiger partial charge on any atom is -0.476 e. The number of likely N-dealkylation sites (N-methyl/N-ethyl adjacent to an activating group) is 4. The van der Waals surface area contributed by atoms with Crippen molar-refractivity contribution in [1.82, 2.24) is 56.5 Å². The molecule has 6 N–H and O–H groups in total. The molecule has 119 heavy (non-hydrogen) atoms. The fourth-order valence-electron chi connectivity index (χ4n) is 16.1. The van der Waals surface area contributed by atoms with Crippen LogP contribution in [0.1, 0.15) is 174 Å². The molecular weight excluding hydrogens is 1510 g/mol. The summed E-state index contributed by atoms with van der Waals surface area (Å²) < 4.78 is 20.9. The van der Waals surface area contributed by atoms with E-state index in [0.717, 1.165) is 70.4 Å². The molecule has 12 aromatic rings. The molecule has 8 aliphatic rings. The first-order chi connectivity index (χ1) is 56.8. The van der Waals surface area contributed by atoms with Crippen molar-refractivity contribution < 1.29 is 61.6 Å². The standard InChI is InChI=1S/3C22H20N4O3.C11H13N3O.C11H9NO3.2CH4/c3*1-26-20-15(8-5-9-23-20)16-12-17(16)19(22(26)28)24-21(27)18-11-14(29-25-18)10-13-6-3-2-4-7-13;1-14-10-6(3-2-4-13-10)7-5-8(7)9(12)11(14)15;13-11(14)10-7-9(15-12-10)6-8-4-2-1-3-5-8;;/h3*2-9,11,16-17,19H,10,12H2,1H3,(H,24,27);2-4,7-9H,5,12H2,1H3;1-5,7H,6H2,(H,13,14);2*1H4/t16-,17?,19-;2*16-,17-,19-;7-,8?,9-;;;/m0100.../s1. The minimum atomic E-state index is -1.07. The topological polar surface area (TPSA) is 388 Å². The molecule has 0 saturated heterocycles. The van der Waals surface area contributed by atoms with Crippen molar-refractivity contribution in [3.63, 3.8) is 0 Å². The van der Waals surface area contributed by atoms with Gasteiger partial charge in [0.25, 0.3) is 35.4 Å². The molecule has 4 fully saturated rings. The maximum atomic E-state index is 13.0. The molecule has 12 atom stereocenters. The van der Waals surface area contributed by atoms with Crippen LogP contribution in [0.3, 0.4) is 0 Å². The normalized spacial score (nSPS) is 21.9. The molecule has 0 spiro atoms. The lowest BCUT2D eigenvalue weighted by Gasteiger charge is -2.22. The van der Waals surface area contributed by atoms with E-state index in [1.807, 2.05) is 164 Å². The second-order valence-electron chi connectivity index (χ2n) is 30.3. The number of carbonyl (C=O) groups excluding carboxylic acids is 7. The van der Waals surface area contributed by atoms with E-state index in [1.165, 1.54) is 26.3 Å². The van der Waals surface area contributed by atoms with Gasteiger partial charge in [-0.1, -0.05) is 181 Å². The number of carboxylic acids is 1. The van der Waals surface area contributed by atoms with Crippen LogP contribution in [-0.4, -0.2) is 145 Å². The van der Waals surface area contributed by atoms with Crippen LogP contribution in [0.5, 0.6) is 0 Å². The first-order valence-electron chi connectivity index (χ1n) is 38.6. The Kier molecular flexibility index (Phi) is 24.2. The van der Waals surface area contributed by atoms with Gasteiger partial charge in [-0.2, -0.15) is 0 Å². The highest BCUT2D eigenvalue weighted by Crippen LogP contribution is 2.57. The van der Waals surface area contributed by atoms with E-state index < -0.39 is 41.8 Å². The van der Waals surface area contributed by atoms with Gasteiger partial charge in [-0.05, 0) is 142 Å². The molecule has 29 nitrogen and oxygen atoms in total. The van der Waals surface area contributed by atoms with E-state index in [4.69, 9.17) is 28.9 Å². The quantitative estimate of drug-likeness (QED) is 0.0636. The van der Waals surface area contributed by atoms with E-state index in [2.05, 4.69) is 62.6 Å². The summed E-state index contributed by atoms with van der Waals surface area (Å²) in [7, 11) is 6.85. The first-order valence-corrected chi connectivity index (χ1v) is 38.6. The summed E-state index contributed by atoms with van der Waals surface area (Å²) in [5.74, 6) is 4.14. The van der Waals surface area contributed by atoms with Crippen molar-refractivity contribution in [3.8, 4) is 0 Å². The summed E-state index contributed by atoms with van der Waals surface area (Å²) in [5.41, 5.74) is 15.1. The first kappa shape index (κ1) is 81.6. The number of pyridine rings is 4. The summed E-state index contributed by atoms with van der Waals surface area (Å²) in [6, 6.07) is 59.0. The number of aromatic nitrogens is 8. The molecule has 4 aliphatic heterocycles. The van der Waals surface area contributed by atoms with Crippen LogP contribution in [0.2, 0.25) is 0 Å². The average Bonchev–Trinajstić information content (AvgIpc) is 1.61. The van der Waals surface area contributed by atoms with E-state index in [9.17, 15) is 38.4 Å². The number of amides is 7. The summed E-state index contributed by atoms with van der Waals surface area (Å²) in [5, 5.41) is 32.4. The third kappa shape index (κ3) is 17.9. The Bertz CT molecular complexity index is 5270. The highest BCUT2D eigenvalue weighted by atomic mass is 16.5. The lowest BCUT2D eigenvalue weighted by atomic mass is 10.1. The van der Waals surface area contributed by atoms with E-state index >= 15 is 0 Å². The zero-order valence-corrected chi connectivity index (χ0v) is 64.2. The SMILES string of the molecule is C.C.CN1C(=O)[C@@H](N)C2C[C@H]2c2cccnc21.CN1C(=O)[C@@H](NC(=O)c2cc(Cc3ccccc3)on2)C2C[C@H]2c2cccnc21.CN1C(=O)[C@@H](NC(=O)c2cc(Cc3ccccc3)on2)[C@H]2C[C@H]2c2cccnc21.CN1C(=O)[C@H](NC(=O)c2cc(Cc3ccccc3)on2)[C@@H]2C[C@@H]2c2cccnc21.O=C(O)c1cc(Cc2ccccc2)on1. The molecule has 0 bridgehead atoms. The van der Waals surface area contributed by atoms with Crippen LogP contribution < -0.4 is 41.3 Å². The van der Waals surface area contributed by atoms with Gasteiger partial charge in [0.05, 0.1) is 6.04 Å². The Labute approximate surface area is 685 Å². The van der Waals surface area contributed by atoms with Gasteiger partial charge in [0.2, 0.25) is 5.91 Å². The lowest BCUT2D eigenvalue weighted by molar-refractivity contribution is -0.121. The predicted molar refractivity (Wildman–Crippen MR) is 439 cm³/mol. The van der Waals surface area contributed by atoms with Crippen LogP contribution in [-0.2, 0) is 44.9 Å². The number of benzene rings is 4. The van der Waals surface area contributed by atoms with Crippen LogP contribution in [0.15, 0.2) is 237 Å². The maximum absolute atomic E-state index is 13.0. The van der Waals surface area contributed by atoms with Gasteiger partial charge in [0.15, 0.2) is 22.8 Å². The van der Waals surface area contributed by atoms with E-state index in [-0.39, 0.29) is 103 Å². The Hall–Kier alpha value is -14.0. The van der Waals surface area contributed by atoms with Crippen molar-refractivity contribution in [3.05, 3.63) is 309 Å². The monoisotopic (exact) mass is 1600 g/mol. The van der Waals surface area contributed by atoms with Gasteiger partial charge in [-0.15, -0.1) is 0 Å². The third-order valence-electron chi connectivity index (χ3n) is 22.5. The highest BCUT2D eigenvalue weighted by Gasteiger charge is 2.56. The van der Waals surface area contributed by atoms with Crippen LogP contribution in [0.25, 0.3) is 0 Å². The largest absolute Gasteiger partial charge is 0.476 e. The number of hydrogen-bond donors (Lipinski definition) is 5. The van der Waals surface area contributed by atoms with Crippen molar-refractivity contribution in [1.29, 1.82) is 0 Å². The van der Waals surface area contributed by atoms with Gasteiger partial charge in [0.1, 0.15) is 64.4 Å². The number of carbonyl (C=O) groups is 8. The number of fused-ring (bicyclic) bond motifs is 12. The second kappa shape index (κ2) is 35.2. The van der Waals surface area contributed by atoms with Crippen molar-refractivity contribution in [2.45, 2.75) is 114 Å². The number of nitrogens with two attached hydrogens (primary N) is 1. The summed E-state index contributed by atoms with van der Waals surface area (Å²) >= 11 is 0. The van der Waals surface area contributed by atoms with Crippen molar-refractivity contribution >= 4 is 70.6 Å². The van der Waals surface area contributed by atoms with Crippen molar-refractivity contribution in [2.24, 2.45) is 29.4 Å². The van der Waals surface area contributed by atoms with Gasteiger partial charge in [-0.3, -0.25) is 53.2 Å². The van der Waals surface area contributed by atoms with Crippen LogP contribution in [0, 0.1) is 23.7 Å². The highest BCUT2D eigenvalue weighted by molar-refractivity contribution is 6.05. The zero-order chi connectivity index (χ0) is 81.1.